The maximum absolute atomic E-state index is 13.8. The SMILES string of the molecule is NCCCC[C@H](NC(=O)N[C@@H](CC(=O)O)c1ccc2c(c1)OCO2)C(=O)N(Cc1cccs1)Cc1cccs1. The zero-order chi connectivity index (χ0) is 27.6. The normalized spacial score (nSPS) is 13.5. The lowest BCUT2D eigenvalue weighted by molar-refractivity contribution is -0.137. The van der Waals surface area contributed by atoms with Gasteiger partial charge in [-0.2, -0.15) is 0 Å². The second-order valence-corrected chi connectivity index (χ2v) is 11.1. The van der Waals surface area contributed by atoms with Crippen LogP contribution in [0.5, 0.6) is 11.5 Å². The predicted molar refractivity (Wildman–Crippen MR) is 149 cm³/mol. The molecule has 5 N–H and O–H groups in total. The second-order valence-electron chi connectivity index (χ2n) is 9.07. The van der Waals surface area contributed by atoms with E-state index in [2.05, 4.69) is 10.6 Å². The average molecular weight is 573 g/mol. The number of urea groups is 1. The molecule has 208 valence electrons. The number of nitrogens with zero attached hydrogens (tertiary/aromatic N) is 1. The van der Waals surface area contributed by atoms with Crippen LogP contribution in [0.1, 0.15) is 47.0 Å². The third kappa shape index (κ3) is 8.19. The molecule has 2 aromatic heterocycles. The van der Waals surface area contributed by atoms with Crippen LogP contribution in [0.25, 0.3) is 0 Å². The molecule has 1 aliphatic heterocycles. The fraction of sp³-hybridized carbons (Fsp3) is 0.370. The van der Waals surface area contributed by atoms with Crippen molar-refractivity contribution in [2.24, 2.45) is 5.73 Å². The number of thiophene rings is 2. The Morgan fingerprint density at radius 2 is 1.67 bits per heavy atom. The lowest BCUT2D eigenvalue weighted by Crippen LogP contribution is -2.51. The van der Waals surface area contributed by atoms with Gasteiger partial charge in [0.05, 0.1) is 25.6 Å². The van der Waals surface area contributed by atoms with Crippen LogP contribution in [0.15, 0.2) is 53.2 Å². The summed E-state index contributed by atoms with van der Waals surface area (Å²) < 4.78 is 10.7. The number of amides is 3. The molecule has 39 heavy (non-hydrogen) atoms. The summed E-state index contributed by atoms with van der Waals surface area (Å²) in [5, 5.41) is 19.0. The lowest BCUT2D eigenvalue weighted by Gasteiger charge is -2.28. The number of carboxylic acid groups (broad SMARTS) is 1. The minimum absolute atomic E-state index is 0.0797. The van der Waals surface area contributed by atoms with Gasteiger partial charge in [-0.15, -0.1) is 22.7 Å². The van der Waals surface area contributed by atoms with E-state index in [1.54, 1.807) is 45.8 Å². The number of rotatable bonds is 14. The molecule has 1 aliphatic rings. The molecular formula is C27H32N4O6S2. The van der Waals surface area contributed by atoms with Crippen LogP contribution >= 0.6 is 22.7 Å². The number of benzene rings is 1. The van der Waals surface area contributed by atoms with Crippen LogP contribution in [0.3, 0.4) is 0 Å². The van der Waals surface area contributed by atoms with Crippen LogP contribution in [-0.2, 0) is 22.7 Å². The molecule has 0 radical (unpaired) electrons. The molecule has 0 fully saturated rings. The van der Waals surface area contributed by atoms with Crippen molar-refractivity contribution in [2.75, 3.05) is 13.3 Å². The maximum Gasteiger partial charge on any atom is 0.315 e. The Kier molecular flexibility index (Phi) is 10.2. The summed E-state index contributed by atoms with van der Waals surface area (Å²) in [4.78, 5) is 42.4. The topological polar surface area (TPSA) is 143 Å². The number of aliphatic carboxylic acids is 1. The Hall–Kier alpha value is -3.61. The molecule has 0 spiro atoms. The Morgan fingerprint density at radius 1 is 0.974 bits per heavy atom. The molecule has 0 unspecified atom stereocenters. The van der Waals surface area contributed by atoms with Crippen molar-refractivity contribution in [2.45, 2.75) is 50.9 Å². The van der Waals surface area contributed by atoms with Crippen molar-refractivity contribution in [1.29, 1.82) is 0 Å². The number of ether oxygens (including phenoxy) is 2. The molecule has 0 aliphatic carbocycles. The van der Waals surface area contributed by atoms with Gasteiger partial charge >= 0.3 is 12.0 Å². The van der Waals surface area contributed by atoms with Crippen LogP contribution in [0.2, 0.25) is 0 Å². The first-order chi connectivity index (χ1) is 18.9. The zero-order valence-corrected chi connectivity index (χ0v) is 23.0. The minimum Gasteiger partial charge on any atom is -0.481 e. The summed E-state index contributed by atoms with van der Waals surface area (Å²) in [6.45, 7) is 1.40. The highest BCUT2D eigenvalue weighted by molar-refractivity contribution is 7.10. The molecule has 2 atom stereocenters. The number of carbonyl (C=O) groups is 3. The van der Waals surface area contributed by atoms with E-state index in [1.807, 2.05) is 35.0 Å². The minimum atomic E-state index is -1.08. The summed E-state index contributed by atoms with van der Waals surface area (Å²) in [7, 11) is 0. The highest BCUT2D eigenvalue weighted by Gasteiger charge is 2.28. The molecule has 0 saturated carbocycles. The van der Waals surface area contributed by atoms with E-state index in [9.17, 15) is 19.5 Å². The molecule has 10 nitrogen and oxygen atoms in total. The van der Waals surface area contributed by atoms with Gasteiger partial charge in [-0.25, -0.2) is 4.79 Å². The average Bonchev–Trinajstić information content (AvgIpc) is 3.70. The number of fused-ring (bicyclic) bond motifs is 1. The van der Waals surface area contributed by atoms with E-state index in [4.69, 9.17) is 15.2 Å². The van der Waals surface area contributed by atoms with Crippen molar-refractivity contribution in [1.82, 2.24) is 15.5 Å². The van der Waals surface area contributed by atoms with Gasteiger partial charge in [-0.05, 0) is 66.4 Å². The van der Waals surface area contributed by atoms with Gasteiger partial charge in [-0.3, -0.25) is 9.59 Å². The smallest absolute Gasteiger partial charge is 0.315 e. The van der Waals surface area contributed by atoms with Gasteiger partial charge < -0.3 is 35.8 Å². The van der Waals surface area contributed by atoms with Crippen molar-refractivity contribution in [3.63, 3.8) is 0 Å². The molecule has 0 saturated heterocycles. The standard InChI is InChI=1S/C27H32N4O6S2/c28-10-2-1-7-21(26(34)31(15-19-5-3-11-38-19)16-20-6-4-12-39-20)29-27(35)30-22(14-25(32)33)18-8-9-23-24(13-18)37-17-36-23/h3-6,8-9,11-13,21-22H,1-2,7,10,14-17,28H2,(H,32,33)(H2,29,30,35)/t21-,22-/m0/s1. The van der Waals surface area contributed by atoms with Crippen LogP contribution in [0.4, 0.5) is 4.79 Å². The maximum atomic E-state index is 13.8. The largest absolute Gasteiger partial charge is 0.481 e. The van der Waals surface area contributed by atoms with E-state index in [-0.39, 0.29) is 19.1 Å². The molecule has 3 aromatic rings. The van der Waals surface area contributed by atoms with E-state index in [0.29, 0.717) is 56.0 Å². The number of carboxylic acids is 1. The number of carbonyl (C=O) groups excluding carboxylic acids is 2. The number of nitrogens with two attached hydrogens (primary N) is 1. The van der Waals surface area contributed by atoms with Crippen LogP contribution < -0.4 is 25.8 Å². The highest BCUT2D eigenvalue weighted by Crippen LogP contribution is 2.34. The third-order valence-corrected chi connectivity index (χ3v) is 7.92. The molecule has 3 amide bonds. The first-order valence-electron chi connectivity index (χ1n) is 12.6. The summed E-state index contributed by atoms with van der Waals surface area (Å²) in [6.07, 6.45) is 1.42. The number of nitrogens with one attached hydrogen (secondary N) is 2. The monoisotopic (exact) mass is 572 g/mol. The Bertz CT molecular complexity index is 1200. The fourth-order valence-electron chi connectivity index (χ4n) is 4.28. The van der Waals surface area contributed by atoms with Crippen molar-refractivity contribution in [3.05, 3.63) is 68.5 Å². The lowest BCUT2D eigenvalue weighted by atomic mass is 10.0. The number of hydrogen-bond acceptors (Lipinski definition) is 8. The molecule has 12 heteroatoms. The summed E-state index contributed by atoms with van der Waals surface area (Å²) in [6, 6.07) is 10.6. The predicted octanol–water partition coefficient (Wildman–Crippen LogP) is 4.08. The summed E-state index contributed by atoms with van der Waals surface area (Å²) in [5.74, 6) is -0.245. The van der Waals surface area contributed by atoms with Gasteiger partial charge in [0.1, 0.15) is 6.04 Å². The van der Waals surface area contributed by atoms with Gasteiger partial charge in [0.25, 0.3) is 0 Å². The molecular weight excluding hydrogens is 540 g/mol. The zero-order valence-electron chi connectivity index (χ0n) is 21.3. The van der Waals surface area contributed by atoms with Crippen LogP contribution in [0, 0.1) is 0 Å². The van der Waals surface area contributed by atoms with Crippen molar-refractivity contribution < 1.29 is 29.0 Å². The van der Waals surface area contributed by atoms with E-state index >= 15 is 0 Å². The van der Waals surface area contributed by atoms with Crippen molar-refractivity contribution >= 4 is 40.6 Å². The first-order valence-corrected chi connectivity index (χ1v) is 14.4. The molecule has 3 heterocycles. The van der Waals surface area contributed by atoms with Crippen molar-refractivity contribution in [3.8, 4) is 11.5 Å². The van der Waals surface area contributed by atoms with Gasteiger partial charge in [-0.1, -0.05) is 18.2 Å². The highest BCUT2D eigenvalue weighted by atomic mass is 32.1. The second kappa shape index (κ2) is 14.0. The van der Waals surface area contributed by atoms with E-state index in [0.717, 1.165) is 9.75 Å². The first kappa shape index (κ1) is 28.4. The third-order valence-electron chi connectivity index (χ3n) is 6.20. The van der Waals surface area contributed by atoms with Crippen LogP contribution in [-0.4, -0.2) is 47.3 Å². The van der Waals surface area contributed by atoms with E-state index < -0.39 is 24.1 Å². The fourth-order valence-corrected chi connectivity index (χ4v) is 5.72. The number of unbranched alkanes of at least 4 members (excludes halogenated alkanes) is 1. The van der Waals surface area contributed by atoms with Gasteiger partial charge in [0.15, 0.2) is 11.5 Å². The Morgan fingerprint density at radius 3 is 2.28 bits per heavy atom. The molecule has 4 rings (SSSR count). The number of hydrogen-bond donors (Lipinski definition) is 4. The Labute approximate surface area is 234 Å². The molecule has 0 bridgehead atoms. The summed E-state index contributed by atoms with van der Waals surface area (Å²) in [5.41, 5.74) is 6.24. The molecule has 1 aromatic carbocycles. The summed E-state index contributed by atoms with van der Waals surface area (Å²) >= 11 is 3.13. The van der Waals surface area contributed by atoms with E-state index in [1.165, 1.54) is 0 Å². The Balaban J connectivity index is 1.50. The quantitative estimate of drug-likeness (QED) is 0.213. The van der Waals surface area contributed by atoms with Gasteiger partial charge in [0, 0.05) is 9.75 Å². The van der Waals surface area contributed by atoms with Gasteiger partial charge in [0.2, 0.25) is 12.7 Å².